The van der Waals surface area contributed by atoms with Crippen molar-refractivity contribution in [2.45, 2.75) is 13.3 Å². The van der Waals surface area contributed by atoms with Gasteiger partial charge in [0.15, 0.2) is 0 Å². The molecule has 120 valence electrons. The Labute approximate surface area is 140 Å². The van der Waals surface area contributed by atoms with E-state index in [9.17, 15) is 4.79 Å². The van der Waals surface area contributed by atoms with Gasteiger partial charge in [-0.1, -0.05) is 23.8 Å². The number of carbonyl (C=O) groups excluding carboxylic acids is 1. The van der Waals surface area contributed by atoms with Crippen molar-refractivity contribution in [3.63, 3.8) is 0 Å². The van der Waals surface area contributed by atoms with Gasteiger partial charge < -0.3 is 9.30 Å². The van der Waals surface area contributed by atoms with E-state index in [0.29, 0.717) is 12.3 Å². The number of aryl methyl sites for hydroxylation is 1. The largest absolute Gasteiger partial charge is 0.419 e. The molecule has 4 rings (SSSR count). The molecule has 0 radical (unpaired) electrons. The Morgan fingerprint density at radius 1 is 1.21 bits per heavy atom. The molecule has 5 heteroatoms. The molecule has 0 saturated carbocycles. The number of aromatic nitrogens is 2. The van der Waals surface area contributed by atoms with E-state index >= 15 is 0 Å². The summed E-state index contributed by atoms with van der Waals surface area (Å²) in [6.07, 6.45) is 5.78. The predicted octanol–water partition coefficient (Wildman–Crippen LogP) is 3.74. The van der Waals surface area contributed by atoms with Gasteiger partial charge in [-0.15, -0.1) is 0 Å². The number of hydrogen-bond acceptors (Lipinski definition) is 3. The maximum atomic E-state index is 12.5. The van der Waals surface area contributed by atoms with E-state index in [4.69, 9.17) is 4.74 Å². The van der Waals surface area contributed by atoms with Crippen LogP contribution in [0.3, 0.4) is 0 Å². The molecule has 24 heavy (non-hydrogen) atoms. The second-order valence-electron chi connectivity index (χ2n) is 5.87. The number of nitrogens with zero attached hydrogens (tertiary/aromatic N) is 3. The molecule has 1 aliphatic rings. The summed E-state index contributed by atoms with van der Waals surface area (Å²) in [6, 6.07) is 13.5. The fraction of sp³-hybridized carbons (Fsp3) is 0.158. The van der Waals surface area contributed by atoms with Crippen LogP contribution in [-0.4, -0.2) is 22.2 Å². The van der Waals surface area contributed by atoms with Gasteiger partial charge in [-0.25, -0.2) is 9.78 Å². The van der Waals surface area contributed by atoms with Crippen LogP contribution in [0, 0.1) is 6.92 Å². The second kappa shape index (κ2) is 5.85. The van der Waals surface area contributed by atoms with Crippen LogP contribution in [0.25, 0.3) is 5.69 Å². The predicted molar refractivity (Wildman–Crippen MR) is 91.8 cm³/mol. The van der Waals surface area contributed by atoms with Gasteiger partial charge in [0.05, 0.1) is 17.7 Å². The minimum Gasteiger partial charge on any atom is -0.410 e. The van der Waals surface area contributed by atoms with Crippen molar-refractivity contribution < 1.29 is 9.53 Å². The summed E-state index contributed by atoms with van der Waals surface area (Å²) in [5, 5.41) is 0. The Bertz CT molecular complexity index is 887. The number of rotatable bonds is 2. The molecule has 0 bridgehead atoms. The van der Waals surface area contributed by atoms with Crippen molar-refractivity contribution in [3.8, 4) is 11.4 Å². The number of benzene rings is 2. The topological polar surface area (TPSA) is 47.4 Å². The van der Waals surface area contributed by atoms with Gasteiger partial charge in [-0.2, -0.15) is 0 Å². The average molecular weight is 319 g/mol. The first-order valence-electron chi connectivity index (χ1n) is 7.88. The standard InChI is InChI=1S/C19H17N3O2/c1-14-5-6-18-15(11-14)7-9-22(18)19(23)24-17-4-2-3-16(12-17)21-10-8-20-13-21/h2-6,8,10-13H,7,9H2,1H3. The van der Waals surface area contributed by atoms with Crippen LogP contribution in [0.5, 0.6) is 5.75 Å². The van der Waals surface area contributed by atoms with Crippen molar-refractivity contribution in [2.24, 2.45) is 0 Å². The first-order chi connectivity index (χ1) is 11.7. The highest BCUT2D eigenvalue weighted by molar-refractivity contribution is 5.91. The van der Waals surface area contributed by atoms with Crippen LogP contribution in [0.4, 0.5) is 10.5 Å². The van der Waals surface area contributed by atoms with Gasteiger partial charge in [0.2, 0.25) is 0 Å². The third kappa shape index (κ3) is 2.65. The lowest BCUT2D eigenvalue weighted by Gasteiger charge is -2.17. The molecule has 2 aromatic carbocycles. The highest BCUT2D eigenvalue weighted by Crippen LogP contribution is 2.29. The third-order valence-electron chi connectivity index (χ3n) is 4.18. The summed E-state index contributed by atoms with van der Waals surface area (Å²) in [7, 11) is 0. The Morgan fingerprint density at radius 3 is 2.96 bits per heavy atom. The number of hydrogen-bond donors (Lipinski definition) is 0. The number of fused-ring (bicyclic) bond motifs is 1. The summed E-state index contributed by atoms with van der Waals surface area (Å²) >= 11 is 0. The molecule has 0 spiro atoms. The molecular formula is C19H17N3O2. The highest BCUT2D eigenvalue weighted by Gasteiger charge is 2.26. The molecule has 5 nitrogen and oxygen atoms in total. The number of amides is 1. The Kier molecular flexibility index (Phi) is 3.54. The minimum absolute atomic E-state index is 0.347. The Hall–Kier alpha value is -3.08. The van der Waals surface area contributed by atoms with Crippen LogP contribution >= 0.6 is 0 Å². The van der Waals surface area contributed by atoms with Crippen molar-refractivity contribution in [1.29, 1.82) is 0 Å². The lowest BCUT2D eigenvalue weighted by atomic mass is 10.1. The zero-order valence-electron chi connectivity index (χ0n) is 13.3. The summed E-state index contributed by atoms with van der Waals surface area (Å²) < 4.78 is 7.44. The molecule has 1 amide bonds. The minimum atomic E-state index is -0.347. The van der Waals surface area contributed by atoms with Gasteiger partial charge in [0.1, 0.15) is 5.75 Å². The van der Waals surface area contributed by atoms with Crippen LogP contribution < -0.4 is 9.64 Å². The molecule has 0 saturated heterocycles. The molecule has 1 aromatic heterocycles. The van der Waals surface area contributed by atoms with Crippen molar-refractivity contribution in [2.75, 3.05) is 11.4 Å². The molecule has 3 aromatic rings. The van der Waals surface area contributed by atoms with Gasteiger partial charge in [0.25, 0.3) is 0 Å². The molecule has 2 heterocycles. The van der Waals surface area contributed by atoms with Gasteiger partial charge in [-0.3, -0.25) is 4.90 Å². The van der Waals surface area contributed by atoms with E-state index in [2.05, 4.69) is 18.0 Å². The molecule has 1 aliphatic heterocycles. The molecule has 0 N–H and O–H groups in total. The van der Waals surface area contributed by atoms with E-state index < -0.39 is 0 Å². The third-order valence-corrected chi connectivity index (χ3v) is 4.18. The van der Waals surface area contributed by atoms with Gasteiger partial charge in [-0.05, 0) is 37.1 Å². The number of ether oxygens (including phenoxy) is 1. The molecule has 0 fully saturated rings. The molecule has 0 aliphatic carbocycles. The van der Waals surface area contributed by atoms with Crippen LogP contribution in [0.15, 0.2) is 61.2 Å². The number of imidazole rings is 1. The van der Waals surface area contributed by atoms with Crippen LogP contribution in [0.2, 0.25) is 0 Å². The fourth-order valence-corrected chi connectivity index (χ4v) is 3.00. The summed E-state index contributed by atoms with van der Waals surface area (Å²) in [6.45, 7) is 2.71. The van der Waals surface area contributed by atoms with Crippen molar-refractivity contribution in [3.05, 3.63) is 72.3 Å². The Morgan fingerprint density at radius 2 is 2.12 bits per heavy atom. The summed E-state index contributed by atoms with van der Waals surface area (Å²) in [5.41, 5.74) is 4.24. The summed E-state index contributed by atoms with van der Waals surface area (Å²) in [5.74, 6) is 0.520. The fourth-order valence-electron chi connectivity index (χ4n) is 3.00. The van der Waals surface area contributed by atoms with Crippen LogP contribution in [0.1, 0.15) is 11.1 Å². The normalized spacial score (nSPS) is 13.0. The smallest absolute Gasteiger partial charge is 0.410 e. The maximum Gasteiger partial charge on any atom is 0.419 e. The Balaban J connectivity index is 1.55. The maximum absolute atomic E-state index is 12.5. The van der Waals surface area contributed by atoms with Crippen molar-refractivity contribution >= 4 is 11.8 Å². The monoisotopic (exact) mass is 319 g/mol. The van der Waals surface area contributed by atoms with Crippen LogP contribution in [-0.2, 0) is 6.42 Å². The van der Waals surface area contributed by atoms with Crippen molar-refractivity contribution in [1.82, 2.24) is 9.55 Å². The van der Waals surface area contributed by atoms with E-state index in [1.807, 2.05) is 41.1 Å². The molecular weight excluding hydrogens is 302 g/mol. The summed E-state index contributed by atoms with van der Waals surface area (Å²) in [4.78, 5) is 18.3. The zero-order chi connectivity index (χ0) is 16.5. The lowest BCUT2D eigenvalue weighted by Crippen LogP contribution is -2.31. The van der Waals surface area contributed by atoms with Gasteiger partial charge in [0, 0.05) is 25.0 Å². The average Bonchev–Trinajstić information content (AvgIpc) is 3.24. The SMILES string of the molecule is Cc1ccc2c(c1)CCN2C(=O)Oc1cccc(-n2ccnc2)c1. The lowest BCUT2D eigenvalue weighted by molar-refractivity contribution is 0.208. The number of carbonyl (C=O) groups is 1. The van der Waals surface area contributed by atoms with Gasteiger partial charge >= 0.3 is 6.09 Å². The highest BCUT2D eigenvalue weighted by atomic mass is 16.6. The first-order valence-corrected chi connectivity index (χ1v) is 7.88. The van der Waals surface area contributed by atoms with E-state index in [-0.39, 0.29) is 6.09 Å². The zero-order valence-corrected chi connectivity index (χ0v) is 13.3. The quantitative estimate of drug-likeness (QED) is 0.723. The first kappa shape index (κ1) is 14.5. The molecule has 0 unspecified atom stereocenters. The van der Waals surface area contributed by atoms with E-state index in [1.165, 1.54) is 11.1 Å². The van der Waals surface area contributed by atoms with E-state index in [0.717, 1.165) is 17.8 Å². The molecule has 0 atom stereocenters. The van der Waals surface area contributed by atoms with E-state index in [1.54, 1.807) is 23.5 Å². The number of anilines is 1. The second-order valence-corrected chi connectivity index (χ2v) is 5.87.